The number of nitrogens with one attached hydrogen (secondary N) is 2. The van der Waals surface area contributed by atoms with E-state index in [0.29, 0.717) is 28.7 Å². The molecular formula is C17H18Cl2N2O. The van der Waals surface area contributed by atoms with E-state index in [0.717, 1.165) is 17.7 Å². The molecule has 0 aliphatic heterocycles. The van der Waals surface area contributed by atoms with Gasteiger partial charge in [0.25, 0.3) is 0 Å². The molecule has 2 aromatic rings. The molecule has 0 saturated carbocycles. The van der Waals surface area contributed by atoms with Crippen LogP contribution in [0.25, 0.3) is 0 Å². The van der Waals surface area contributed by atoms with Crippen molar-refractivity contribution in [2.45, 2.75) is 19.8 Å². The Labute approximate surface area is 140 Å². The summed E-state index contributed by atoms with van der Waals surface area (Å²) in [6.45, 7) is 2.71. The molecular weight excluding hydrogens is 319 g/mol. The standard InChI is InChI=1S/C17H18Cl2N2O/c1-2-10-20-16(22)11-12-6-3-4-9-15(12)21-17-13(18)7-5-8-14(17)19/h3-9,21H,2,10-11H2,1H3,(H,20,22). The van der Waals surface area contributed by atoms with Crippen molar-refractivity contribution in [1.82, 2.24) is 5.32 Å². The van der Waals surface area contributed by atoms with Crippen LogP contribution in [-0.4, -0.2) is 12.5 Å². The number of amides is 1. The number of halogens is 2. The lowest BCUT2D eigenvalue weighted by Gasteiger charge is -2.14. The Morgan fingerprint density at radius 2 is 1.73 bits per heavy atom. The van der Waals surface area contributed by atoms with E-state index in [1.54, 1.807) is 18.2 Å². The maximum absolute atomic E-state index is 11.9. The second kappa shape index (κ2) is 8.06. The molecule has 0 radical (unpaired) electrons. The minimum atomic E-state index is 0.00126. The molecule has 0 aliphatic carbocycles. The number of anilines is 2. The summed E-state index contributed by atoms with van der Waals surface area (Å²) >= 11 is 12.4. The van der Waals surface area contributed by atoms with E-state index in [1.165, 1.54) is 0 Å². The molecule has 5 heteroatoms. The first-order valence-corrected chi connectivity index (χ1v) is 7.93. The van der Waals surface area contributed by atoms with Gasteiger partial charge in [-0.2, -0.15) is 0 Å². The van der Waals surface area contributed by atoms with Crippen molar-refractivity contribution in [3.05, 3.63) is 58.1 Å². The van der Waals surface area contributed by atoms with Crippen LogP contribution in [0.15, 0.2) is 42.5 Å². The van der Waals surface area contributed by atoms with Gasteiger partial charge in [-0.15, -0.1) is 0 Å². The van der Waals surface area contributed by atoms with Crippen LogP contribution < -0.4 is 10.6 Å². The van der Waals surface area contributed by atoms with Crippen molar-refractivity contribution >= 4 is 40.5 Å². The predicted octanol–water partition coefficient (Wildman–Crippen LogP) is 4.81. The third-order valence-electron chi connectivity index (χ3n) is 3.16. The zero-order chi connectivity index (χ0) is 15.9. The van der Waals surface area contributed by atoms with Gasteiger partial charge in [0, 0.05) is 12.2 Å². The molecule has 0 heterocycles. The summed E-state index contributed by atoms with van der Waals surface area (Å²) in [5.41, 5.74) is 2.36. The first-order chi connectivity index (χ1) is 10.6. The lowest BCUT2D eigenvalue weighted by molar-refractivity contribution is -0.120. The minimum Gasteiger partial charge on any atom is -0.356 e. The Morgan fingerprint density at radius 1 is 1.05 bits per heavy atom. The lowest BCUT2D eigenvalue weighted by Crippen LogP contribution is -2.25. The molecule has 0 fully saturated rings. The van der Waals surface area contributed by atoms with Crippen molar-refractivity contribution in [1.29, 1.82) is 0 Å². The number of benzene rings is 2. The first kappa shape index (κ1) is 16.7. The van der Waals surface area contributed by atoms with Crippen molar-refractivity contribution < 1.29 is 4.79 Å². The second-order valence-corrected chi connectivity index (χ2v) is 5.72. The van der Waals surface area contributed by atoms with Crippen LogP contribution in [0.1, 0.15) is 18.9 Å². The Hall–Kier alpha value is -1.71. The van der Waals surface area contributed by atoms with E-state index < -0.39 is 0 Å². The van der Waals surface area contributed by atoms with E-state index in [4.69, 9.17) is 23.2 Å². The van der Waals surface area contributed by atoms with Gasteiger partial charge >= 0.3 is 0 Å². The Balaban J connectivity index is 2.20. The van der Waals surface area contributed by atoms with E-state index in [-0.39, 0.29) is 5.91 Å². The summed E-state index contributed by atoms with van der Waals surface area (Å²) in [4.78, 5) is 11.9. The van der Waals surface area contributed by atoms with Gasteiger partial charge in [0.1, 0.15) is 0 Å². The van der Waals surface area contributed by atoms with Crippen molar-refractivity contribution in [3.8, 4) is 0 Å². The summed E-state index contributed by atoms with van der Waals surface area (Å²) < 4.78 is 0. The summed E-state index contributed by atoms with van der Waals surface area (Å²) in [7, 11) is 0. The lowest BCUT2D eigenvalue weighted by atomic mass is 10.1. The first-order valence-electron chi connectivity index (χ1n) is 7.17. The molecule has 22 heavy (non-hydrogen) atoms. The quantitative estimate of drug-likeness (QED) is 0.794. The average Bonchev–Trinajstić information content (AvgIpc) is 2.50. The van der Waals surface area contributed by atoms with Gasteiger partial charge in [-0.05, 0) is 30.2 Å². The Kier molecular flexibility index (Phi) is 6.10. The summed E-state index contributed by atoms with van der Waals surface area (Å²) in [5.74, 6) is 0.00126. The highest BCUT2D eigenvalue weighted by Crippen LogP contribution is 2.33. The van der Waals surface area contributed by atoms with Crippen LogP contribution in [-0.2, 0) is 11.2 Å². The van der Waals surface area contributed by atoms with Crippen LogP contribution in [0.2, 0.25) is 10.0 Å². The zero-order valence-electron chi connectivity index (χ0n) is 12.3. The average molecular weight is 337 g/mol. The van der Waals surface area contributed by atoms with E-state index in [9.17, 15) is 4.79 Å². The SMILES string of the molecule is CCCNC(=O)Cc1ccccc1Nc1c(Cl)cccc1Cl. The molecule has 0 saturated heterocycles. The maximum atomic E-state index is 11.9. The molecule has 3 nitrogen and oxygen atoms in total. The number of carbonyl (C=O) groups is 1. The van der Waals surface area contributed by atoms with E-state index in [1.807, 2.05) is 31.2 Å². The summed E-state index contributed by atoms with van der Waals surface area (Å²) in [6.07, 6.45) is 1.23. The molecule has 2 rings (SSSR count). The van der Waals surface area contributed by atoms with Crippen LogP contribution >= 0.6 is 23.2 Å². The van der Waals surface area contributed by atoms with Gasteiger partial charge in [-0.25, -0.2) is 0 Å². The molecule has 0 aliphatic rings. The third kappa shape index (κ3) is 4.39. The molecule has 0 aromatic heterocycles. The minimum absolute atomic E-state index is 0.00126. The zero-order valence-corrected chi connectivity index (χ0v) is 13.8. The van der Waals surface area contributed by atoms with Gasteiger partial charge in [-0.1, -0.05) is 54.4 Å². The second-order valence-electron chi connectivity index (χ2n) is 4.91. The van der Waals surface area contributed by atoms with E-state index in [2.05, 4.69) is 10.6 Å². The van der Waals surface area contributed by atoms with Gasteiger partial charge in [0.15, 0.2) is 0 Å². The van der Waals surface area contributed by atoms with Crippen LogP contribution in [0, 0.1) is 0 Å². The van der Waals surface area contributed by atoms with Crippen molar-refractivity contribution in [2.24, 2.45) is 0 Å². The summed E-state index contributed by atoms with van der Waals surface area (Å²) in [5, 5.41) is 7.18. The number of para-hydroxylation sites is 2. The van der Waals surface area contributed by atoms with Crippen molar-refractivity contribution in [3.63, 3.8) is 0 Å². The monoisotopic (exact) mass is 336 g/mol. The molecule has 0 bridgehead atoms. The van der Waals surface area contributed by atoms with Gasteiger partial charge in [0.2, 0.25) is 5.91 Å². The normalized spacial score (nSPS) is 10.3. The largest absolute Gasteiger partial charge is 0.356 e. The Morgan fingerprint density at radius 3 is 2.41 bits per heavy atom. The number of hydrogen-bond acceptors (Lipinski definition) is 2. The van der Waals surface area contributed by atoms with Crippen molar-refractivity contribution in [2.75, 3.05) is 11.9 Å². The highest BCUT2D eigenvalue weighted by atomic mass is 35.5. The third-order valence-corrected chi connectivity index (χ3v) is 3.79. The number of carbonyl (C=O) groups excluding carboxylic acids is 1. The molecule has 2 aromatic carbocycles. The van der Waals surface area contributed by atoms with Gasteiger partial charge in [-0.3, -0.25) is 4.79 Å². The fourth-order valence-electron chi connectivity index (χ4n) is 2.05. The maximum Gasteiger partial charge on any atom is 0.224 e. The molecule has 116 valence electrons. The highest BCUT2D eigenvalue weighted by molar-refractivity contribution is 6.39. The topological polar surface area (TPSA) is 41.1 Å². The molecule has 0 unspecified atom stereocenters. The Bertz CT molecular complexity index is 639. The molecule has 1 amide bonds. The summed E-state index contributed by atoms with van der Waals surface area (Å²) in [6, 6.07) is 13.0. The van der Waals surface area contributed by atoms with Crippen LogP contribution in [0.4, 0.5) is 11.4 Å². The van der Waals surface area contributed by atoms with E-state index >= 15 is 0 Å². The molecule has 2 N–H and O–H groups in total. The number of hydrogen-bond donors (Lipinski definition) is 2. The van der Waals surface area contributed by atoms with Crippen LogP contribution in [0.5, 0.6) is 0 Å². The molecule has 0 atom stereocenters. The predicted molar refractivity (Wildman–Crippen MR) is 93.2 cm³/mol. The van der Waals surface area contributed by atoms with Gasteiger partial charge in [0.05, 0.1) is 22.2 Å². The van der Waals surface area contributed by atoms with Crippen LogP contribution in [0.3, 0.4) is 0 Å². The fraction of sp³-hybridized carbons (Fsp3) is 0.235. The fourth-order valence-corrected chi connectivity index (χ4v) is 2.54. The highest BCUT2D eigenvalue weighted by Gasteiger charge is 2.10. The van der Waals surface area contributed by atoms with Gasteiger partial charge < -0.3 is 10.6 Å². The number of rotatable bonds is 6. The molecule has 0 spiro atoms. The smallest absolute Gasteiger partial charge is 0.224 e.